The van der Waals surface area contributed by atoms with Gasteiger partial charge in [0.2, 0.25) is 5.91 Å². The van der Waals surface area contributed by atoms with Crippen LogP contribution in [-0.4, -0.2) is 41.0 Å². The zero-order chi connectivity index (χ0) is 18.4. The van der Waals surface area contributed by atoms with Gasteiger partial charge in [-0.05, 0) is 50.2 Å². The van der Waals surface area contributed by atoms with E-state index in [2.05, 4.69) is 22.8 Å². The summed E-state index contributed by atoms with van der Waals surface area (Å²) >= 11 is 0. The van der Waals surface area contributed by atoms with E-state index in [-0.39, 0.29) is 11.9 Å². The van der Waals surface area contributed by atoms with Crippen LogP contribution < -0.4 is 10.9 Å². The minimum atomic E-state index is -0.0707. The van der Waals surface area contributed by atoms with Crippen molar-refractivity contribution in [3.63, 3.8) is 0 Å². The van der Waals surface area contributed by atoms with Gasteiger partial charge in [-0.25, -0.2) is 10.4 Å². The number of hydrogen-bond donors (Lipinski definition) is 2. The fourth-order valence-electron chi connectivity index (χ4n) is 5.13. The Hall–Kier alpha value is -1.92. The van der Waals surface area contributed by atoms with Crippen LogP contribution in [0.2, 0.25) is 0 Å². The molecule has 27 heavy (non-hydrogen) atoms. The van der Waals surface area contributed by atoms with Crippen molar-refractivity contribution in [3.05, 3.63) is 30.2 Å². The Kier molecular flexibility index (Phi) is 4.40. The lowest BCUT2D eigenvalue weighted by atomic mass is 9.76. The number of nitrogens with one attached hydrogen (secondary N) is 2. The predicted octanol–water partition coefficient (Wildman–Crippen LogP) is 2.82. The van der Waals surface area contributed by atoms with Crippen LogP contribution in [0.5, 0.6) is 0 Å². The van der Waals surface area contributed by atoms with Gasteiger partial charge >= 0.3 is 0 Å². The third-order valence-corrected chi connectivity index (χ3v) is 6.75. The quantitative estimate of drug-likeness (QED) is 0.853. The summed E-state index contributed by atoms with van der Waals surface area (Å²) in [5.41, 5.74) is 8.45. The van der Waals surface area contributed by atoms with Gasteiger partial charge in [0, 0.05) is 31.0 Å². The van der Waals surface area contributed by atoms with Crippen LogP contribution in [0.4, 0.5) is 0 Å². The third kappa shape index (κ3) is 3.15. The Morgan fingerprint density at radius 2 is 1.96 bits per heavy atom. The van der Waals surface area contributed by atoms with E-state index in [4.69, 9.17) is 4.42 Å². The molecule has 2 aliphatic heterocycles. The van der Waals surface area contributed by atoms with E-state index in [1.165, 1.54) is 12.8 Å². The highest BCUT2D eigenvalue weighted by atomic mass is 16.3. The van der Waals surface area contributed by atoms with Crippen LogP contribution in [0.1, 0.15) is 50.8 Å². The minimum Gasteiger partial charge on any atom is -0.440 e. The first-order valence-electron chi connectivity index (χ1n) is 10.3. The highest BCUT2D eigenvalue weighted by molar-refractivity contribution is 5.82. The van der Waals surface area contributed by atoms with Gasteiger partial charge in [0.25, 0.3) is 0 Å². The maximum Gasteiger partial charge on any atom is 0.241 e. The van der Waals surface area contributed by atoms with Gasteiger partial charge in [-0.3, -0.25) is 10.2 Å². The average molecular weight is 368 g/mol. The van der Waals surface area contributed by atoms with E-state index in [1.54, 1.807) is 0 Å². The van der Waals surface area contributed by atoms with Crippen molar-refractivity contribution in [3.8, 4) is 0 Å². The zero-order valence-corrected chi connectivity index (χ0v) is 15.9. The van der Waals surface area contributed by atoms with E-state index in [0.717, 1.165) is 49.3 Å². The Balaban J connectivity index is 1.23. The highest BCUT2D eigenvalue weighted by Gasteiger charge is 2.44. The number of piperidine rings is 1. The number of oxazole rings is 1. The molecular weight excluding hydrogens is 340 g/mol. The van der Waals surface area contributed by atoms with Gasteiger partial charge in [-0.2, -0.15) is 0 Å². The van der Waals surface area contributed by atoms with Crippen molar-refractivity contribution in [2.24, 2.45) is 11.8 Å². The van der Waals surface area contributed by atoms with Gasteiger partial charge < -0.3 is 9.32 Å². The number of likely N-dealkylation sites (tertiary alicyclic amines) is 1. The lowest BCUT2D eigenvalue weighted by molar-refractivity contribution is -0.135. The fraction of sp³-hybridized carbons (Fsp3) is 0.619. The maximum absolute atomic E-state index is 13.1. The van der Waals surface area contributed by atoms with Crippen molar-refractivity contribution in [1.29, 1.82) is 0 Å². The smallest absolute Gasteiger partial charge is 0.241 e. The first kappa shape index (κ1) is 17.2. The molecule has 3 fully saturated rings. The summed E-state index contributed by atoms with van der Waals surface area (Å²) in [6.45, 7) is 3.88. The first-order valence-corrected chi connectivity index (χ1v) is 10.3. The zero-order valence-electron chi connectivity index (χ0n) is 15.9. The van der Waals surface area contributed by atoms with Crippen LogP contribution in [0.25, 0.3) is 11.1 Å². The number of fused-ring (bicyclic) bond motifs is 2. The second-order valence-corrected chi connectivity index (χ2v) is 8.57. The molecule has 0 radical (unpaired) electrons. The maximum atomic E-state index is 13.1. The van der Waals surface area contributed by atoms with Crippen molar-refractivity contribution in [2.75, 3.05) is 13.1 Å². The average Bonchev–Trinajstić information content (AvgIpc) is 3.31. The topological polar surface area (TPSA) is 70.4 Å². The van der Waals surface area contributed by atoms with E-state index in [9.17, 15) is 4.79 Å². The van der Waals surface area contributed by atoms with E-state index < -0.39 is 0 Å². The second-order valence-electron chi connectivity index (χ2n) is 8.57. The Morgan fingerprint density at radius 1 is 1.15 bits per heavy atom. The Morgan fingerprint density at radius 3 is 2.78 bits per heavy atom. The summed E-state index contributed by atoms with van der Waals surface area (Å²) in [4.78, 5) is 19.8. The number of carbonyl (C=O) groups excluding carboxylic acids is 1. The number of rotatable bonds is 2. The largest absolute Gasteiger partial charge is 0.440 e. The van der Waals surface area contributed by atoms with E-state index in [0.29, 0.717) is 23.8 Å². The molecule has 1 amide bonds. The van der Waals surface area contributed by atoms with Crippen molar-refractivity contribution in [2.45, 2.75) is 57.0 Å². The molecule has 6 heteroatoms. The molecule has 1 aromatic heterocycles. The summed E-state index contributed by atoms with van der Waals surface area (Å²) in [5, 5.41) is 0. The number of para-hydroxylation sites is 2. The van der Waals surface area contributed by atoms with Gasteiger partial charge in [0.05, 0.1) is 0 Å². The molecule has 0 spiro atoms. The first-order chi connectivity index (χ1) is 13.2. The summed E-state index contributed by atoms with van der Waals surface area (Å²) in [6, 6.07) is 8.29. The van der Waals surface area contributed by atoms with Gasteiger partial charge in [-0.15, -0.1) is 0 Å². The highest BCUT2D eigenvalue weighted by Crippen LogP contribution is 2.35. The Labute approximate surface area is 159 Å². The molecule has 3 heterocycles. The molecule has 2 N–H and O–H groups in total. The molecule has 5 rings (SSSR count). The van der Waals surface area contributed by atoms with E-state index >= 15 is 0 Å². The number of aromatic nitrogens is 1. The molecule has 3 aliphatic rings. The molecule has 144 valence electrons. The SMILES string of the molecule is CC1CCC2NNC(C(=O)N3CCC(c4nc5ccccc5o4)CC3)C2C1. The molecule has 1 saturated carbocycles. The molecule has 2 saturated heterocycles. The fourth-order valence-corrected chi connectivity index (χ4v) is 5.13. The van der Waals surface area contributed by atoms with Crippen LogP contribution in [0.3, 0.4) is 0 Å². The lowest BCUT2D eigenvalue weighted by Gasteiger charge is -2.35. The molecule has 0 bridgehead atoms. The number of amides is 1. The van der Waals surface area contributed by atoms with Gasteiger partial charge in [0.1, 0.15) is 11.6 Å². The normalized spacial score (nSPS) is 32.0. The summed E-state index contributed by atoms with van der Waals surface area (Å²) < 4.78 is 5.95. The molecule has 1 aliphatic carbocycles. The van der Waals surface area contributed by atoms with Crippen molar-refractivity contribution >= 4 is 17.0 Å². The molecule has 2 aromatic rings. The predicted molar refractivity (Wildman–Crippen MR) is 103 cm³/mol. The standard InChI is InChI=1S/C21H28N4O2/c1-13-6-7-16-15(12-13)19(24-23-16)21(26)25-10-8-14(9-11-25)20-22-17-4-2-3-5-18(17)27-20/h2-5,13-16,19,23-24H,6-12H2,1H3. The monoisotopic (exact) mass is 368 g/mol. The van der Waals surface area contributed by atoms with Crippen molar-refractivity contribution in [1.82, 2.24) is 20.7 Å². The van der Waals surface area contributed by atoms with Gasteiger partial charge in [-0.1, -0.05) is 19.1 Å². The molecule has 1 aromatic carbocycles. The third-order valence-electron chi connectivity index (χ3n) is 6.75. The Bertz CT molecular complexity index is 793. The molecule has 4 atom stereocenters. The number of hydrazine groups is 1. The van der Waals surface area contributed by atoms with Crippen LogP contribution >= 0.6 is 0 Å². The summed E-state index contributed by atoms with van der Waals surface area (Å²) in [5.74, 6) is 2.54. The molecular formula is C21H28N4O2. The number of hydrogen-bond acceptors (Lipinski definition) is 5. The summed E-state index contributed by atoms with van der Waals surface area (Å²) in [7, 11) is 0. The molecule has 6 nitrogen and oxygen atoms in total. The lowest BCUT2D eigenvalue weighted by Crippen LogP contribution is -2.50. The van der Waals surface area contributed by atoms with Crippen LogP contribution in [0, 0.1) is 11.8 Å². The molecule has 4 unspecified atom stereocenters. The minimum absolute atomic E-state index is 0.0707. The number of carbonyl (C=O) groups is 1. The van der Waals surface area contributed by atoms with Crippen molar-refractivity contribution < 1.29 is 9.21 Å². The van der Waals surface area contributed by atoms with E-state index in [1.807, 2.05) is 29.2 Å². The second kappa shape index (κ2) is 6.91. The summed E-state index contributed by atoms with van der Waals surface area (Å²) in [6.07, 6.45) is 5.40. The van der Waals surface area contributed by atoms with Gasteiger partial charge in [0.15, 0.2) is 11.5 Å². The number of benzene rings is 1. The number of nitrogens with zero attached hydrogens (tertiary/aromatic N) is 2. The van der Waals surface area contributed by atoms with Crippen LogP contribution in [0.15, 0.2) is 28.7 Å². The van der Waals surface area contributed by atoms with Crippen LogP contribution in [-0.2, 0) is 4.79 Å².